The zero-order chi connectivity index (χ0) is 18.7. The van der Waals surface area contributed by atoms with Crippen LogP contribution in [0.2, 0.25) is 0 Å². The normalized spacial score (nSPS) is 13.2. The molecule has 1 aromatic rings. The Hall–Kier alpha value is -1.95. The van der Waals surface area contributed by atoms with E-state index in [0.29, 0.717) is 12.0 Å². The van der Waals surface area contributed by atoms with Gasteiger partial charge in [0.1, 0.15) is 6.04 Å². The standard InChI is InChI=1S/C17H24NO6P/c1-4-23-25(21,24-5-2)12-15(14-9-7-6-8-10-14)11-16(18-13-19)17(20)22-3/h6-11,13,16H,4-5,12H2,1-3H3,(H,18,19). The van der Waals surface area contributed by atoms with E-state index in [-0.39, 0.29) is 19.4 Å². The monoisotopic (exact) mass is 369 g/mol. The summed E-state index contributed by atoms with van der Waals surface area (Å²) in [7, 11) is -2.17. The number of carbonyl (C=O) groups excluding carboxylic acids is 2. The summed E-state index contributed by atoms with van der Waals surface area (Å²) in [5, 5.41) is 2.38. The first-order chi connectivity index (χ1) is 12.0. The van der Waals surface area contributed by atoms with Crippen LogP contribution in [0.1, 0.15) is 19.4 Å². The van der Waals surface area contributed by atoms with Gasteiger partial charge in [0.05, 0.1) is 26.5 Å². The first-order valence-electron chi connectivity index (χ1n) is 7.91. The Balaban J connectivity index is 3.28. The van der Waals surface area contributed by atoms with E-state index in [2.05, 4.69) is 5.32 Å². The molecule has 0 aliphatic rings. The zero-order valence-corrected chi connectivity index (χ0v) is 15.5. The maximum absolute atomic E-state index is 12.9. The number of allylic oxidation sites excluding steroid dienone is 1. The lowest BCUT2D eigenvalue weighted by atomic mass is 10.0. The Bertz CT molecular complexity index is 621. The number of ether oxygens (including phenoxy) is 1. The Morgan fingerprint density at radius 3 is 2.28 bits per heavy atom. The smallest absolute Gasteiger partial charge is 0.335 e. The molecule has 0 saturated carbocycles. The van der Waals surface area contributed by atoms with E-state index in [1.54, 1.807) is 13.8 Å². The Kier molecular flexibility index (Phi) is 9.13. The lowest BCUT2D eigenvalue weighted by Crippen LogP contribution is -2.35. The van der Waals surface area contributed by atoms with Gasteiger partial charge < -0.3 is 19.1 Å². The van der Waals surface area contributed by atoms with E-state index in [1.165, 1.54) is 13.2 Å². The van der Waals surface area contributed by atoms with Crippen LogP contribution in [0.5, 0.6) is 0 Å². The van der Waals surface area contributed by atoms with Crippen LogP contribution in [0.4, 0.5) is 0 Å². The Labute approximate surface area is 147 Å². The molecule has 7 nitrogen and oxygen atoms in total. The number of benzene rings is 1. The highest BCUT2D eigenvalue weighted by Gasteiger charge is 2.27. The first-order valence-corrected chi connectivity index (χ1v) is 9.64. The fourth-order valence-corrected chi connectivity index (χ4v) is 3.96. The molecule has 0 fully saturated rings. The van der Waals surface area contributed by atoms with Crippen molar-refractivity contribution in [1.29, 1.82) is 0 Å². The summed E-state index contributed by atoms with van der Waals surface area (Å²) in [6, 6.07) is 8.08. The summed E-state index contributed by atoms with van der Waals surface area (Å²) in [5.41, 5.74) is 1.29. The molecule has 1 amide bonds. The van der Waals surface area contributed by atoms with Gasteiger partial charge >= 0.3 is 13.6 Å². The molecule has 0 aliphatic carbocycles. The summed E-state index contributed by atoms with van der Waals surface area (Å²) in [6.07, 6.45) is 1.87. The van der Waals surface area contributed by atoms with Crippen molar-refractivity contribution in [2.45, 2.75) is 19.9 Å². The molecule has 0 saturated heterocycles. The summed E-state index contributed by atoms with van der Waals surface area (Å²) in [4.78, 5) is 22.7. The Morgan fingerprint density at radius 1 is 1.20 bits per heavy atom. The van der Waals surface area contributed by atoms with Crippen molar-refractivity contribution in [2.75, 3.05) is 26.5 Å². The van der Waals surface area contributed by atoms with Crippen molar-refractivity contribution in [3.8, 4) is 0 Å². The van der Waals surface area contributed by atoms with Crippen LogP contribution in [0.25, 0.3) is 5.57 Å². The van der Waals surface area contributed by atoms with Crippen molar-refractivity contribution in [3.63, 3.8) is 0 Å². The van der Waals surface area contributed by atoms with Crippen molar-refractivity contribution < 1.29 is 27.9 Å². The van der Waals surface area contributed by atoms with Gasteiger partial charge in [-0.25, -0.2) is 4.79 Å². The molecule has 0 heterocycles. The molecule has 1 rings (SSSR count). The van der Waals surface area contributed by atoms with E-state index in [1.807, 2.05) is 30.3 Å². The first kappa shape index (κ1) is 21.1. The lowest BCUT2D eigenvalue weighted by Gasteiger charge is -2.20. The van der Waals surface area contributed by atoms with Crippen LogP contribution in [-0.4, -0.2) is 44.9 Å². The number of nitrogens with one attached hydrogen (secondary N) is 1. The molecule has 0 spiro atoms. The third kappa shape index (κ3) is 6.82. The van der Waals surface area contributed by atoms with Gasteiger partial charge in [0.15, 0.2) is 0 Å². The van der Waals surface area contributed by atoms with Gasteiger partial charge in [-0.2, -0.15) is 0 Å². The number of carbonyl (C=O) groups is 2. The summed E-state index contributed by atoms with van der Waals surface area (Å²) in [5.74, 6) is -0.636. The van der Waals surface area contributed by atoms with Crippen LogP contribution in [0.15, 0.2) is 36.4 Å². The second-order valence-corrected chi connectivity index (χ2v) is 7.00. The zero-order valence-electron chi connectivity index (χ0n) is 14.6. The molecular formula is C17H24NO6P. The fraction of sp³-hybridized carbons (Fsp3) is 0.412. The average Bonchev–Trinajstić information content (AvgIpc) is 2.61. The average molecular weight is 369 g/mol. The minimum atomic E-state index is -3.39. The number of hydrogen-bond donors (Lipinski definition) is 1. The van der Waals surface area contributed by atoms with E-state index in [4.69, 9.17) is 13.8 Å². The minimum Gasteiger partial charge on any atom is -0.467 e. The van der Waals surface area contributed by atoms with Crippen LogP contribution in [0.3, 0.4) is 0 Å². The Morgan fingerprint density at radius 2 is 1.80 bits per heavy atom. The second-order valence-electron chi connectivity index (χ2n) is 4.95. The third-order valence-electron chi connectivity index (χ3n) is 3.23. The number of amides is 1. The molecule has 138 valence electrons. The molecule has 8 heteroatoms. The second kappa shape index (κ2) is 10.8. The van der Waals surface area contributed by atoms with Gasteiger partial charge in [-0.3, -0.25) is 9.36 Å². The van der Waals surface area contributed by atoms with Gasteiger partial charge in [-0.1, -0.05) is 30.3 Å². The van der Waals surface area contributed by atoms with Crippen LogP contribution >= 0.6 is 7.60 Å². The van der Waals surface area contributed by atoms with Crippen molar-refractivity contribution >= 4 is 25.5 Å². The lowest BCUT2D eigenvalue weighted by molar-refractivity contribution is -0.142. The van der Waals surface area contributed by atoms with Gasteiger partial charge in [0.2, 0.25) is 6.41 Å². The highest BCUT2D eigenvalue weighted by Crippen LogP contribution is 2.51. The maximum atomic E-state index is 12.9. The topological polar surface area (TPSA) is 90.9 Å². The number of methoxy groups -OCH3 is 1. The minimum absolute atomic E-state index is 0.0350. The van der Waals surface area contributed by atoms with Gasteiger partial charge in [-0.15, -0.1) is 0 Å². The molecule has 1 N–H and O–H groups in total. The maximum Gasteiger partial charge on any atom is 0.335 e. The van der Waals surface area contributed by atoms with Crippen molar-refractivity contribution in [2.24, 2.45) is 0 Å². The molecule has 1 atom stereocenters. The van der Waals surface area contributed by atoms with Crippen LogP contribution in [-0.2, 0) is 27.9 Å². The predicted octanol–water partition coefficient (Wildman–Crippen LogP) is 2.62. The van der Waals surface area contributed by atoms with E-state index in [0.717, 1.165) is 5.56 Å². The van der Waals surface area contributed by atoms with Gasteiger partial charge in [-0.05, 0) is 31.1 Å². The fourth-order valence-electron chi connectivity index (χ4n) is 2.21. The predicted molar refractivity (Wildman–Crippen MR) is 95.1 cm³/mol. The van der Waals surface area contributed by atoms with Crippen LogP contribution < -0.4 is 5.32 Å². The van der Waals surface area contributed by atoms with Crippen LogP contribution in [0, 0.1) is 0 Å². The summed E-state index contributed by atoms with van der Waals surface area (Å²) in [6.45, 7) is 3.91. The largest absolute Gasteiger partial charge is 0.467 e. The van der Waals surface area contributed by atoms with Crippen molar-refractivity contribution in [1.82, 2.24) is 5.32 Å². The molecule has 1 unspecified atom stereocenters. The quantitative estimate of drug-likeness (QED) is 0.366. The highest BCUT2D eigenvalue weighted by molar-refractivity contribution is 7.54. The molecule has 0 bridgehead atoms. The van der Waals surface area contributed by atoms with E-state index >= 15 is 0 Å². The molecule has 0 radical (unpaired) electrons. The SMILES string of the molecule is CCOP(=O)(CC(=CC(NC=O)C(=O)OC)c1ccccc1)OCC. The summed E-state index contributed by atoms with van der Waals surface area (Å²) < 4.78 is 28.2. The van der Waals surface area contributed by atoms with Gasteiger partial charge in [0.25, 0.3) is 0 Å². The van der Waals surface area contributed by atoms with E-state index in [9.17, 15) is 14.2 Å². The third-order valence-corrected chi connectivity index (χ3v) is 5.26. The summed E-state index contributed by atoms with van der Waals surface area (Å²) >= 11 is 0. The molecule has 0 aliphatic heterocycles. The van der Waals surface area contributed by atoms with E-state index < -0.39 is 19.6 Å². The van der Waals surface area contributed by atoms with Gasteiger partial charge in [0, 0.05) is 0 Å². The number of esters is 1. The number of hydrogen-bond acceptors (Lipinski definition) is 6. The highest BCUT2D eigenvalue weighted by atomic mass is 31.2. The molecular weight excluding hydrogens is 345 g/mol. The molecule has 1 aromatic carbocycles. The number of rotatable bonds is 11. The van der Waals surface area contributed by atoms with Crippen molar-refractivity contribution in [3.05, 3.63) is 42.0 Å². The molecule has 0 aromatic heterocycles. The molecule has 25 heavy (non-hydrogen) atoms.